The lowest BCUT2D eigenvalue weighted by molar-refractivity contribution is -0.128. The third-order valence-electron chi connectivity index (χ3n) is 5.25. The molecule has 0 aliphatic heterocycles. The second-order valence-corrected chi connectivity index (χ2v) is 7.96. The van der Waals surface area contributed by atoms with Crippen molar-refractivity contribution in [1.82, 2.24) is 5.32 Å². The number of carbonyl (C=O) groups is 1. The maximum Gasteiger partial charge on any atom is 0.261 e. The van der Waals surface area contributed by atoms with Crippen molar-refractivity contribution < 1.29 is 9.53 Å². The van der Waals surface area contributed by atoms with Gasteiger partial charge in [0, 0.05) is 0 Å². The molecule has 0 radical (unpaired) electrons. The van der Waals surface area contributed by atoms with E-state index in [1.165, 1.54) is 24.0 Å². The summed E-state index contributed by atoms with van der Waals surface area (Å²) in [5.74, 6) is 1.31. The number of carbonyl (C=O) groups excluding carboxylic acids is 1. The maximum absolute atomic E-state index is 12.8. The van der Waals surface area contributed by atoms with Gasteiger partial charge in [0.25, 0.3) is 5.91 Å². The highest BCUT2D eigenvalue weighted by Gasteiger charge is 2.23. The Bertz CT molecular complexity index is 754. The quantitative estimate of drug-likeness (QED) is 0.729. The number of amides is 1. The molecule has 0 spiro atoms. The molecule has 3 heteroatoms. The van der Waals surface area contributed by atoms with E-state index in [-0.39, 0.29) is 11.9 Å². The molecule has 3 nitrogen and oxygen atoms in total. The molecule has 144 valence electrons. The summed E-state index contributed by atoms with van der Waals surface area (Å²) >= 11 is 0. The SMILES string of the molecule is CC(C)C[C@@H](NC(=O)[C@H](C)Oc1cccc2c1CCCC2)c1ccccc1. The van der Waals surface area contributed by atoms with Crippen LogP contribution in [0.1, 0.15) is 62.8 Å². The Morgan fingerprint density at radius 2 is 1.74 bits per heavy atom. The molecule has 0 saturated heterocycles. The molecular weight excluding hydrogens is 334 g/mol. The normalized spacial score (nSPS) is 15.7. The van der Waals surface area contributed by atoms with Gasteiger partial charge < -0.3 is 10.1 Å². The highest BCUT2D eigenvalue weighted by molar-refractivity contribution is 5.81. The molecule has 1 amide bonds. The van der Waals surface area contributed by atoms with Gasteiger partial charge in [0.1, 0.15) is 5.75 Å². The Labute approximate surface area is 163 Å². The first-order valence-corrected chi connectivity index (χ1v) is 10.2. The van der Waals surface area contributed by atoms with Crippen molar-refractivity contribution in [2.75, 3.05) is 0 Å². The molecular formula is C24H31NO2. The van der Waals surface area contributed by atoms with E-state index in [0.29, 0.717) is 5.92 Å². The number of benzene rings is 2. The molecule has 1 N–H and O–H groups in total. The molecule has 1 aliphatic rings. The summed E-state index contributed by atoms with van der Waals surface area (Å²) in [7, 11) is 0. The number of hydrogen-bond acceptors (Lipinski definition) is 2. The van der Waals surface area contributed by atoms with Crippen LogP contribution in [0.3, 0.4) is 0 Å². The molecule has 0 unspecified atom stereocenters. The van der Waals surface area contributed by atoms with Crippen molar-refractivity contribution in [2.24, 2.45) is 5.92 Å². The molecule has 3 rings (SSSR count). The molecule has 0 heterocycles. The number of aryl methyl sites for hydroxylation is 1. The summed E-state index contributed by atoms with van der Waals surface area (Å²) in [5.41, 5.74) is 3.79. The number of fused-ring (bicyclic) bond motifs is 1. The second kappa shape index (κ2) is 9.07. The van der Waals surface area contributed by atoms with Gasteiger partial charge >= 0.3 is 0 Å². The minimum atomic E-state index is -0.517. The van der Waals surface area contributed by atoms with Gasteiger partial charge in [-0.05, 0) is 67.7 Å². The van der Waals surface area contributed by atoms with Gasteiger partial charge in [-0.2, -0.15) is 0 Å². The first kappa shape index (κ1) is 19.5. The van der Waals surface area contributed by atoms with Crippen LogP contribution in [0.5, 0.6) is 5.75 Å². The summed E-state index contributed by atoms with van der Waals surface area (Å²) in [6.45, 7) is 6.20. The Kier molecular flexibility index (Phi) is 6.54. The average molecular weight is 366 g/mol. The van der Waals surface area contributed by atoms with E-state index in [1.807, 2.05) is 37.3 Å². The summed E-state index contributed by atoms with van der Waals surface area (Å²) in [5, 5.41) is 3.20. The smallest absolute Gasteiger partial charge is 0.261 e. The van der Waals surface area contributed by atoms with Crippen molar-refractivity contribution in [3.8, 4) is 5.75 Å². The van der Waals surface area contributed by atoms with Crippen LogP contribution < -0.4 is 10.1 Å². The number of nitrogens with one attached hydrogen (secondary N) is 1. The third-order valence-corrected chi connectivity index (χ3v) is 5.25. The lowest BCUT2D eigenvalue weighted by Gasteiger charge is -2.25. The zero-order valence-corrected chi connectivity index (χ0v) is 16.7. The zero-order valence-electron chi connectivity index (χ0n) is 16.7. The van der Waals surface area contributed by atoms with Crippen LogP contribution in [0, 0.1) is 5.92 Å². The molecule has 2 atom stereocenters. The van der Waals surface area contributed by atoms with Crippen molar-refractivity contribution in [2.45, 2.75) is 65.0 Å². The van der Waals surface area contributed by atoms with E-state index in [0.717, 1.165) is 30.6 Å². The monoisotopic (exact) mass is 365 g/mol. The Morgan fingerprint density at radius 3 is 2.48 bits per heavy atom. The Morgan fingerprint density at radius 1 is 1.00 bits per heavy atom. The van der Waals surface area contributed by atoms with Crippen molar-refractivity contribution in [1.29, 1.82) is 0 Å². The van der Waals surface area contributed by atoms with Gasteiger partial charge in [0.15, 0.2) is 6.10 Å². The predicted molar refractivity (Wildman–Crippen MR) is 110 cm³/mol. The molecule has 0 aromatic heterocycles. The van der Waals surface area contributed by atoms with Crippen molar-refractivity contribution in [3.05, 3.63) is 65.2 Å². The molecule has 0 saturated carbocycles. The fourth-order valence-electron chi connectivity index (χ4n) is 3.82. The van der Waals surface area contributed by atoms with Crippen LogP contribution in [0.15, 0.2) is 48.5 Å². The van der Waals surface area contributed by atoms with Gasteiger partial charge in [-0.25, -0.2) is 0 Å². The lowest BCUT2D eigenvalue weighted by Crippen LogP contribution is -2.39. The Balaban J connectivity index is 1.69. The molecule has 2 aromatic rings. The number of hydrogen-bond donors (Lipinski definition) is 1. The van der Waals surface area contributed by atoms with Crippen molar-refractivity contribution >= 4 is 5.91 Å². The summed E-state index contributed by atoms with van der Waals surface area (Å²) in [6, 6.07) is 16.4. The average Bonchev–Trinajstić information content (AvgIpc) is 2.68. The maximum atomic E-state index is 12.8. The zero-order chi connectivity index (χ0) is 19.2. The highest BCUT2D eigenvalue weighted by atomic mass is 16.5. The molecule has 0 fully saturated rings. The number of rotatable bonds is 7. The fourth-order valence-corrected chi connectivity index (χ4v) is 3.82. The van der Waals surface area contributed by atoms with Gasteiger partial charge in [-0.3, -0.25) is 4.79 Å². The summed E-state index contributed by atoms with van der Waals surface area (Å²) in [4.78, 5) is 12.8. The number of ether oxygens (including phenoxy) is 1. The Hall–Kier alpha value is -2.29. The molecule has 1 aliphatic carbocycles. The van der Waals surface area contributed by atoms with Crippen LogP contribution in [-0.2, 0) is 17.6 Å². The standard InChI is InChI=1S/C24H31NO2/c1-17(2)16-22(20-11-5-4-6-12-20)25-24(26)18(3)27-23-15-9-13-19-10-7-8-14-21(19)23/h4-6,9,11-13,15,17-18,22H,7-8,10,14,16H2,1-3H3,(H,25,26)/t18-,22+/m0/s1. The first-order chi connectivity index (χ1) is 13.0. The molecule has 0 bridgehead atoms. The third kappa shape index (κ3) is 5.12. The van der Waals surface area contributed by atoms with E-state index in [1.54, 1.807) is 0 Å². The van der Waals surface area contributed by atoms with Crippen LogP contribution in [0.25, 0.3) is 0 Å². The largest absolute Gasteiger partial charge is 0.481 e. The first-order valence-electron chi connectivity index (χ1n) is 10.2. The van der Waals surface area contributed by atoms with E-state index in [4.69, 9.17) is 4.74 Å². The predicted octanol–water partition coefficient (Wildman–Crippen LogP) is 5.24. The highest BCUT2D eigenvalue weighted by Crippen LogP contribution is 2.30. The minimum Gasteiger partial charge on any atom is -0.481 e. The van der Waals surface area contributed by atoms with E-state index < -0.39 is 6.10 Å². The van der Waals surface area contributed by atoms with Crippen LogP contribution in [-0.4, -0.2) is 12.0 Å². The lowest BCUT2D eigenvalue weighted by atomic mass is 9.91. The van der Waals surface area contributed by atoms with Crippen LogP contribution in [0.2, 0.25) is 0 Å². The van der Waals surface area contributed by atoms with Crippen LogP contribution in [0.4, 0.5) is 0 Å². The van der Waals surface area contributed by atoms with E-state index >= 15 is 0 Å². The topological polar surface area (TPSA) is 38.3 Å². The fraction of sp³-hybridized carbons (Fsp3) is 0.458. The van der Waals surface area contributed by atoms with Gasteiger partial charge in [0.05, 0.1) is 6.04 Å². The summed E-state index contributed by atoms with van der Waals surface area (Å²) in [6.07, 6.45) is 4.97. The van der Waals surface area contributed by atoms with E-state index in [2.05, 4.69) is 37.4 Å². The second-order valence-electron chi connectivity index (χ2n) is 7.96. The minimum absolute atomic E-state index is 0.00874. The summed E-state index contributed by atoms with van der Waals surface area (Å²) < 4.78 is 6.10. The van der Waals surface area contributed by atoms with Crippen molar-refractivity contribution in [3.63, 3.8) is 0 Å². The molecule has 2 aromatic carbocycles. The van der Waals surface area contributed by atoms with Crippen LogP contribution >= 0.6 is 0 Å². The van der Waals surface area contributed by atoms with E-state index in [9.17, 15) is 4.79 Å². The molecule has 27 heavy (non-hydrogen) atoms. The van der Waals surface area contributed by atoms with Gasteiger partial charge in [-0.1, -0.05) is 56.3 Å². The van der Waals surface area contributed by atoms with Gasteiger partial charge in [-0.15, -0.1) is 0 Å². The van der Waals surface area contributed by atoms with Gasteiger partial charge in [0.2, 0.25) is 0 Å².